The van der Waals surface area contributed by atoms with Gasteiger partial charge in [-0.15, -0.1) is 0 Å². The second-order valence-electron chi connectivity index (χ2n) is 7.84. The summed E-state index contributed by atoms with van der Waals surface area (Å²) in [6.07, 6.45) is 3.41. The summed E-state index contributed by atoms with van der Waals surface area (Å²) in [6.45, 7) is 9.89. The number of benzene rings is 1. The van der Waals surface area contributed by atoms with Gasteiger partial charge < -0.3 is 9.67 Å². The number of fused-ring (bicyclic) bond motifs is 3. The van der Waals surface area contributed by atoms with Crippen molar-refractivity contribution in [2.75, 3.05) is 0 Å². The number of hydrogen-bond acceptors (Lipinski definition) is 1. The number of nitrogens with zero attached hydrogens (tertiary/aromatic N) is 1. The molecule has 0 aliphatic heterocycles. The molecule has 124 valence electrons. The average molecular weight is 313 g/mol. The van der Waals surface area contributed by atoms with Crippen molar-refractivity contribution in [3.63, 3.8) is 0 Å². The summed E-state index contributed by atoms with van der Waals surface area (Å²) in [6, 6.07) is 6.76. The van der Waals surface area contributed by atoms with Gasteiger partial charge in [0, 0.05) is 23.1 Å². The topological polar surface area (TPSA) is 42.2 Å². The molecular weight excluding hydrogens is 286 g/mol. The number of aliphatic carboxylic acids is 1. The van der Waals surface area contributed by atoms with E-state index in [-0.39, 0.29) is 11.3 Å². The Bertz CT molecular complexity index is 749. The molecule has 3 nitrogen and oxygen atoms in total. The van der Waals surface area contributed by atoms with Gasteiger partial charge in [0.25, 0.3) is 0 Å². The standard InChI is InChI=1S/C20H27NO2/c1-5-10-21-17-8-6-13(19(22)23)11-15(17)16-12-14(20(2,3)4)7-9-18(16)21/h7,9,12-13H,5-6,8,10-11H2,1-4H3,(H,22,23). The highest BCUT2D eigenvalue weighted by Gasteiger charge is 2.29. The zero-order valence-electron chi connectivity index (χ0n) is 14.6. The first-order chi connectivity index (χ1) is 10.8. The Morgan fingerprint density at radius 2 is 2.09 bits per heavy atom. The van der Waals surface area contributed by atoms with Gasteiger partial charge in [-0.05, 0) is 54.4 Å². The van der Waals surface area contributed by atoms with Crippen LogP contribution in [0.5, 0.6) is 0 Å². The lowest BCUT2D eigenvalue weighted by molar-refractivity contribution is -0.142. The van der Waals surface area contributed by atoms with E-state index in [1.165, 1.54) is 27.7 Å². The van der Waals surface area contributed by atoms with Gasteiger partial charge >= 0.3 is 5.97 Å². The van der Waals surface area contributed by atoms with Crippen molar-refractivity contribution in [1.82, 2.24) is 4.57 Å². The first kappa shape index (κ1) is 16.1. The van der Waals surface area contributed by atoms with Crippen LogP contribution in [0.2, 0.25) is 0 Å². The normalized spacial score (nSPS) is 18.2. The Morgan fingerprint density at radius 3 is 2.70 bits per heavy atom. The van der Waals surface area contributed by atoms with Crippen LogP contribution in [0.25, 0.3) is 10.9 Å². The van der Waals surface area contributed by atoms with Gasteiger partial charge in [-0.1, -0.05) is 33.8 Å². The number of aromatic nitrogens is 1. The highest BCUT2D eigenvalue weighted by Crippen LogP contribution is 2.37. The Labute approximate surface area is 138 Å². The van der Waals surface area contributed by atoms with Crippen LogP contribution in [0.4, 0.5) is 0 Å². The van der Waals surface area contributed by atoms with Crippen molar-refractivity contribution in [2.24, 2.45) is 5.92 Å². The fraction of sp³-hybridized carbons (Fsp3) is 0.550. The van der Waals surface area contributed by atoms with Gasteiger partial charge in [-0.25, -0.2) is 0 Å². The molecule has 1 aliphatic rings. The summed E-state index contributed by atoms with van der Waals surface area (Å²) in [7, 11) is 0. The minimum atomic E-state index is -0.654. The van der Waals surface area contributed by atoms with E-state index in [1.807, 2.05) is 0 Å². The Kier molecular flexibility index (Phi) is 3.99. The van der Waals surface area contributed by atoms with E-state index < -0.39 is 5.97 Å². The highest BCUT2D eigenvalue weighted by atomic mass is 16.4. The molecule has 3 heteroatoms. The molecule has 2 aromatic rings. The molecule has 1 aromatic carbocycles. The van der Waals surface area contributed by atoms with E-state index in [9.17, 15) is 9.90 Å². The molecule has 23 heavy (non-hydrogen) atoms. The minimum absolute atomic E-state index is 0.106. The molecule has 1 aliphatic carbocycles. The SMILES string of the molecule is CCCn1c2c(c3cc(C(C)(C)C)ccc31)CC(C(=O)O)CC2. The maximum absolute atomic E-state index is 11.5. The molecule has 0 amide bonds. The van der Waals surface area contributed by atoms with Gasteiger partial charge in [-0.3, -0.25) is 4.79 Å². The number of carboxylic acid groups (broad SMARTS) is 1. The molecule has 3 rings (SSSR count). The van der Waals surface area contributed by atoms with E-state index in [4.69, 9.17) is 0 Å². The monoisotopic (exact) mass is 313 g/mol. The van der Waals surface area contributed by atoms with Crippen LogP contribution in [0.15, 0.2) is 18.2 Å². The fourth-order valence-electron chi connectivity index (χ4n) is 3.81. The first-order valence-corrected chi connectivity index (χ1v) is 8.70. The maximum atomic E-state index is 11.5. The predicted octanol–water partition coefficient (Wildman–Crippen LogP) is 4.54. The number of hydrogen-bond donors (Lipinski definition) is 1. The van der Waals surface area contributed by atoms with Gasteiger partial charge in [-0.2, -0.15) is 0 Å². The lowest BCUT2D eigenvalue weighted by atomic mass is 9.83. The minimum Gasteiger partial charge on any atom is -0.481 e. The molecule has 0 fully saturated rings. The smallest absolute Gasteiger partial charge is 0.306 e. The van der Waals surface area contributed by atoms with Gasteiger partial charge in [0.15, 0.2) is 0 Å². The Balaban J connectivity index is 2.20. The third kappa shape index (κ3) is 2.77. The van der Waals surface area contributed by atoms with Crippen molar-refractivity contribution in [2.45, 2.75) is 65.3 Å². The number of carboxylic acids is 1. The molecule has 1 atom stereocenters. The number of rotatable bonds is 3. The lowest BCUT2D eigenvalue weighted by Crippen LogP contribution is -2.23. The van der Waals surface area contributed by atoms with Crippen LogP contribution >= 0.6 is 0 Å². The molecular formula is C20H27NO2. The summed E-state index contributed by atoms with van der Waals surface area (Å²) in [5.41, 5.74) is 5.34. The third-order valence-electron chi connectivity index (χ3n) is 5.13. The molecule has 0 saturated carbocycles. The van der Waals surface area contributed by atoms with Crippen molar-refractivity contribution in [3.8, 4) is 0 Å². The fourth-order valence-corrected chi connectivity index (χ4v) is 3.81. The quantitative estimate of drug-likeness (QED) is 0.904. The van der Waals surface area contributed by atoms with E-state index in [0.29, 0.717) is 6.42 Å². The van der Waals surface area contributed by atoms with Gasteiger partial charge in [0.1, 0.15) is 0 Å². The second kappa shape index (κ2) is 5.70. The van der Waals surface area contributed by atoms with E-state index in [0.717, 1.165) is 25.8 Å². The molecule has 1 N–H and O–H groups in total. The van der Waals surface area contributed by atoms with Crippen LogP contribution in [0.3, 0.4) is 0 Å². The summed E-state index contributed by atoms with van der Waals surface area (Å²) >= 11 is 0. The van der Waals surface area contributed by atoms with E-state index >= 15 is 0 Å². The summed E-state index contributed by atoms with van der Waals surface area (Å²) in [5, 5.41) is 10.7. The molecule has 0 radical (unpaired) electrons. The summed E-state index contributed by atoms with van der Waals surface area (Å²) in [4.78, 5) is 11.5. The predicted molar refractivity (Wildman–Crippen MR) is 94.1 cm³/mol. The van der Waals surface area contributed by atoms with Crippen LogP contribution < -0.4 is 0 Å². The Hall–Kier alpha value is -1.77. The molecule has 0 saturated heterocycles. The third-order valence-corrected chi connectivity index (χ3v) is 5.13. The highest BCUT2D eigenvalue weighted by molar-refractivity contribution is 5.87. The maximum Gasteiger partial charge on any atom is 0.306 e. The second-order valence-corrected chi connectivity index (χ2v) is 7.84. The molecule has 1 aromatic heterocycles. The van der Waals surface area contributed by atoms with E-state index in [2.05, 4.69) is 50.5 Å². The summed E-state index contributed by atoms with van der Waals surface area (Å²) < 4.78 is 2.43. The summed E-state index contributed by atoms with van der Waals surface area (Å²) in [5.74, 6) is -0.888. The number of carbonyl (C=O) groups is 1. The van der Waals surface area contributed by atoms with Crippen molar-refractivity contribution < 1.29 is 9.90 Å². The first-order valence-electron chi connectivity index (χ1n) is 8.70. The van der Waals surface area contributed by atoms with E-state index in [1.54, 1.807) is 0 Å². The lowest BCUT2D eigenvalue weighted by Gasteiger charge is -2.21. The van der Waals surface area contributed by atoms with Crippen LogP contribution in [-0.4, -0.2) is 15.6 Å². The van der Waals surface area contributed by atoms with Crippen LogP contribution in [-0.2, 0) is 29.6 Å². The Morgan fingerprint density at radius 1 is 1.35 bits per heavy atom. The van der Waals surface area contributed by atoms with Crippen molar-refractivity contribution in [1.29, 1.82) is 0 Å². The molecule has 0 spiro atoms. The molecule has 1 unspecified atom stereocenters. The number of aryl methyl sites for hydroxylation is 1. The van der Waals surface area contributed by atoms with Crippen molar-refractivity contribution >= 4 is 16.9 Å². The zero-order valence-corrected chi connectivity index (χ0v) is 14.6. The van der Waals surface area contributed by atoms with Gasteiger partial charge in [0.2, 0.25) is 0 Å². The van der Waals surface area contributed by atoms with Gasteiger partial charge in [0.05, 0.1) is 5.92 Å². The molecule has 1 heterocycles. The van der Waals surface area contributed by atoms with Crippen molar-refractivity contribution in [3.05, 3.63) is 35.0 Å². The molecule has 0 bridgehead atoms. The van der Waals surface area contributed by atoms with Crippen LogP contribution in [0.1, 0.15) is 57.4 Å². The zero-order chi connectivity index (χ0) is 16.8. The average Bonchev–Trinajstić information content (AvgIpc) is 2.80. The largest absolute Gasteiger partial charge is 0.481 e. The van der Waals surface area contributed by atoms with Crippen LogP contribution in [0, 0.1) is 5.92 Å².